The predicted molar refractivity (Wildman–Crippen MR) is 95.0 cm³/mol. The number of hydrogen-bond donors (Lipinski definition) is 1. The number of aromatic nitrogens is 2. The Hall–Kier alpha value is -2.67. The number of rotatable bonds is 5. The summed E-state index contributed by atoms with van der Waals surface area (Å²) in [5, 5.41) is 10.9. The smallest absolute Gasteiger partial charge is 0.277 e. The van der Waals surface area contributed by atoms with Crippen molar-refractivity contribution in [2.24, 2.45) is 0 Å². The molecule has 0 radical (unpaired) electrons. The number of hydrogen-bond acceptors (Lipinski definition) is 5. The van der Waals surface area contributed by atoms with E-state index in [2.05, 4.69) is 15.5 Å². The van der Waals surface area contributed by atoms with Crippen LogP contribution in [0.1, 0.15) is 11.1 Å². The monoisotopic (exact) mass is 357 g/mol. The molecule has 2 aromatic carbocycles. The Morgan fingerprint density at radius 2 is 1.88 bits per heavy atom. The van der Waals surface area contributed by atoms with Crippen molar-refractivity contribution in [3.05, 3.63) is 59.4 Å². The number of carbonyl (C=O) groups excluding carboxylic acids is 1. The summed E-state index contributed by atoms with van der Waals surface area (Å²) >= 11 is 1.15. The highest BCUT2D eigenvalue weighted by molar-refractivity contribution is 7.99. The average Bonchev–Trinajstić information content (AvgIpc) is 3.06. The number of anilines is 1. The topological polar surface area (TPSA) is 68.0 Å². The number of aryl methyl sites for hydroxylation is 2. The zero-order valence-corrected chi connectivity index (χ0v) is 14.6. The van der Waals surface area contributed by atoms with Crippen molar-refractivity contribution < 1.29 is 13.6 Å². The lowest BCUT2D eigenvalue weighted by molar-refractivity contribution is -0.113. The van der Waals surface area contributed by atoms with Gasteiger partial charge in [0.2, 0.25) is 11.8 Å². The van der Waals surface area contributed by atoms with E-state index in [0.29, 0.717) is 5.56 Å². The van der Waals surface area contributed by atoms with Crippen molar-refractivity contribution >= 4 is 23.4 Å². The van der Waals surface area contributed by atoms with Crippen LogP contribution in [-0.4, -0.2) is 21.9 Å². The van der Waals surface area contributed by atoms with E-state index in [1.54, 1.807) is 12.1 Å². The van der Waals surface area contributed by atoms with Gasteiger partial charge in [-0.25, -0.2) is 4.39 Å². The molecule has 0 atom stereocenters. The molecule has 0 spiro atoms. The quantitative estimate of drug-likeness (QED) is 0.692. The third-order valence-corrected chi connectivity index (χ3v) is 4.43. The van der Waals surface area contributed by atoms with Gasteiger partial charge in [0.05, 0.1) is 5.75 Å². The van der Waals surface area contributed by atoms with E-state index in [9.17, 15) is 9.18 Å². The minimum absolute atomic E-state index is 0.151. The summed E-state index contributed by atoms with van der Waals surface area (Å²) in [5.74, 6) is -0.0504. The number of thioether (sulfide) groups is 1. The summed E-state index contributed by atoms with van der Waals surface area (Å²) in [4.78, 5) is 12.0. The molecule has 128 valence electrons. The van der Waals surface area contributed by atoms with Crippen LogP contribution in [0, 0.1) is 19.7 Å². The Kier molecular flexibility index (Phi) is 5.14. The second-order valence-corrected chi connectivity index (χ2v) is 6.44. The summed E-state index contributed by atoms with van der Waals surface area (Å²) in [6.07, 6.45) is 0. The van der Waals surface area contributed by atoms with Gasteiger partial charge in [0.25, 0.3) is 5.22 Å². The van der Waals surface area contributed by atoms with Crippen LogP contribution < -0.4 is 5.32 Å². The van der Waals surface area contributed by atoms with Gasteiger partial charge in [-0.3, -0.25) is 4.79 Å². The Balaban J connectivity index is 1.57. The van der Waals surface area contributed by atoms with Crippen molar-refractivity contribution in [3.63, 3.8) is 0 Å². The molecule has 5 nitrogen and oxygen atoms in total. The second-order valence-electron chi connectivity index (χ2n) is 5.52. The number of carbonyl (C=O) groups is 1. The summed E-state index contributed by atoms with van der Waals surface area (Å²) in [5.41, 5.74) is 3.67. The van der Waals surface area contributed by atoms with Gasteiger partial charge >= 0.3 is 0 Å². The van der Waals surface area contributed by atoms with E-state index >= 15 is 0 Å². The first-order chi connectivity index (χ1) is 12.0. The van der Waals surface area contributed by atoms with Crippen molar-refractivity contribution in [3.8, 4) is 11.5 Å². The van der Waals surface area contributed by atoms with Gasteiger partial charge < -0.3 is 9.73 Å². The van der Waals surface area contributed by atoms with Crippen LogP contribution in [0.25, 0.3) is 11.5 Å². The summed E-state index contributed by atoms with van der Waals surface area (Å²) in [6, 6.07) is 11.5. The molecule has 25 heavy (non-hydrogen) atoms. The first kappa shape index (κ1) is 17.2. The third kappa shape index (κ3) is 4.45. The molecule has 1 amide bonds. The zero-order chi connectivity index (χ0) is 17.8. The Labute approximate surface area is 148 Å². The van der Waals surface area contributed by atoms with Crippen LogP contribution in [0.15, 0.2) is 52.1 Å². The van der Waals surface area contributed by atoms with Crippen LogP contribution in [0.3, 0.4) is 0 Å². The normalized spacial score (nSPS) is 10.7. The molecule has 1 N–H and O–H groups in total. The molecule has 3 rings (SSSR count). The number of benzene rings is 2. The standard InChI is InChI=1S/C18H16FN3O2S/c1-11-3-8-15(9-12(11)2)20-16(23)10-25-18-22-21-17(24-18)13-4-6-14(19)7-5-13/h3-9H,10H2,1-2H3,(H,20,23). The number of nitrogens with one attached hydrogen (secondary N) is 1. The van der Waals surface area contributed by atoms with E-state index in [1.165, 1.54) is 17.7 Å². The van der Waals surface area contributed by atoms with Crippen molar-refractivity contribution in [1.82, 2.24) is 10.2 Å². The summed E-state index contributed by atoms with van der Waals surface area (Å²) in [7, 11) is 0. The fraction of sp³-hybridized carbons (Fsp3) is 0.167. The maximum absolute atomic E-state index is 12.9. The van der Waals surface area contributed by atoms with Gasteiger partial charge in [0.1, 0.15) is 5.82 Å². The molecule has 1 heterocycles. The molecule has 0 saturated carbocycles. The van der Waals surface area contributed by atoms with Crippen LogP contribution in [0.2, 0.25) is 0 Å². The molecule has 0 aliphatic heterocycles. The lowest BCUT2D eigenvalue weighted by Crippen LogP contribution is -2.14. The van der Waals surface area contributed by atoms with E-state index in [1.807, 2.05) is 32.0 Å². The maximum atomic E-state index is 12.9. The molecule has 3 aromatic rings. The number of amides is 1. The fourth-order valence-corrected chi connectivity index (χ4v) is 2.68. The van der Waals surface area contributed by atoms with Crippen molar-refractivity contribution in [1.29, 1.82) is 0 Å². The van der Waals surface area contributed by atoms with Crippen LogP contribution in [0.5, 0.6) is 0 Å². The van der Waals surface area contributed by atoms with Gasteiger partial charge in [0.15, 0.2) is 0 Å². The molecule has 0 unspecified atom stereocenters. The van der Waals surface area contributed by atoms with Crippen LogP contribution in [-0.2, 0) is 4.79 Å². The van der Waals surface area contributed by atoms with E-state index < -0.39 is 0 Å². The van der Waals surface area contributed by atoms with Crippen LogP contribution in [0.4, 0.5) is 10.1 Å². The Bertz CT molecular complexity index is 894. The van der Waals surface area contributed by atoms with Crippen molar-refractivity contribution in [2.45, 2.75) is 19.1 Å². The van der Waals surface area contributed by atoms with Gasteiger partial charge in [-0.1, -0.05) is 17.8 Å². The Morgan fingerprint density at radius 3 is 2.60 bits per heavy atom. The van der Waals surface area contributed by atoms with E-state index in [0.717, 1.165) is 23.0 Å². The Morgan fingerprint density at radius 1 is 1.12 bits per heavy atom. The maximum Gasteiger partial charge on any atom is 0.277 e. The molecule has 0 fully saturated rings. The van der Waals surface area contributed by atoms with E-state index in [4.69, 9.17) is 4.42 Å². The van der Waals surface area contributed by atoms with Gasteiger partial charge in [0, 0.05) is 11.3 Å². The minimum Gasteiger partial charge on any atom is -0.411 e. The van der Waals surface area contributed by atoms with Crippen molar-refractivity contribution in [2.75, 3.05) is 11.1 Å². The molecular weight excluding hydrogens is 341 g/mol. The zero-order valence-electron chi connectivity index (χ0n) is 13.7. The lowest BCUT2D eigenvalue weighted by atomic mass is 10.1. The highest BCUT2D eigenvalue weighted by atomic mass is 32.2. The molecular formula is C18H16FN3O2S. The third-order valence-electron chi connectivity index (χ3n) is 3.62. The lowest BCUT2D eigenvalue weighted by Gasteiger charge is -2.06. The highest BCUT2D eigenvalue weighted by Gasteiger charge is 2.11. The minimum atomic E-state index is -0.333. The average molecular weight is 357 g/mol. The molecule has 0 bridgehead atoms. The largest absolute Gasteiger partial charge is 0.411 e. The van der Waals surface area contributed by atoms with Gasteiger partial charge in [-0.15, -0.1) is 10.2 Å². The van der Waals surface area contributed by atoms with Gasteiger partial charge in [-0.2, -0.15) is 0 Å². The predicted octanol–water partition coefficient (Wildman–Crippen LogP) is 4.22. The second kappa shape index (κ2) is 7.48. The molecule has 0 aliphatic carbocycles. The summed E-state index contributed by atoms with van der Waals surface area (Å²) < 4.78 is 18.4. The highest BCUT2D eigenvalue weighted by Crippen LogP contribution is 2.23. The van der Waals surface area contributed by atoms with Gasteiger partial charge in [-0.05, 0) is 61.4 Å². The molecule has 0 aliphatic rings. The molecule has 7 heteroatoms. The summed E-state index contributed by atoms with van der Waals surface area (Å²) in [6.45, 7) is 4.01. The number of nitrogens with zero attached hydrogens (tertiary/aromatic N) is 2. The SMILES string of the molecule is Cc1ccc(NC(=O)CSc2nnc(-c3ccc(F)cc3)o2)cc1C. The first-order valence-corrected chi connectivity index (χ1v) is 8.59. The molecule has 0 saturated heterocycles. The van der Waals surface area contributed by atoms with E-state index in [-0.39, 0.29) is 28.6 Å². The number of halogens is 1. The molecule has 1 aromatic heterocycles. The first-order valence-electron chi connectivity index (χ1n) is 7.60. The van der Waals surface area contributed by atoms with Crippen LogP contribution >= 0.6 is 11.8 Å². The fourth-order valence-electron chi connectivity index (χ4n) is 2.12.